The Morgan fingerprint density at radius 2 is 1.78 bits per heavy atom. The molecule has 92 valence electrons. The number of carboxylic acids is 1. The van der Waals surface area contributed by atoms with Crippen LogP contribution in [-0.4, -0.2) is 16.2 Å². The Balaban J connectivity index is 2.49. The average molecular weight is 263 g/mol. The first-order valence-electron chi connectivity index (χ1n) is 5.32. The molecule has 0 atom stereocenters. The molecule has 2 aromatic rings. The van der Waals surface area contributed by atoms with Crippen molar-refractivity contribution in [1.82, 2.24) is 0 Å². The van der Waals surface area contributed by atoms with E-state index in [2.05, 4.69) is 0 Å². The minimum Gasteiger partial charge on any atom is -0.507 e. The van der Waals surface area contributed by atoms with Gasteiger partial charge in [0.2, 0.25) is 0 Å². The third-order valence-corrected chi connectivity index (χ3v) is 3.13. The van der Waals surface area contributed by atoms with Gasteiger partial charge >= 0.3 is 5.97 Å². The molecule has 0 saturated carbocycles. The maximum Gasteiger partial charge on any atom is 0.335 e. The lowest BCUT2D eigenvalue weighted by Gasteiger charge is -2.08. The maximum atomic E-state index is 10.7. The second-order valence-corrected chi connectivity index (χ2v) is 4.41. The van der Waals surface area contributed by atoms with Crippen molar-refractivity contribution in [2.24, 2.45) is 0 Å². The summed E-state index contributed by atoms with van der Waals surface area (Å²) < 4.78 is 0. The fourth-order valence-electron chi connectivity index (χ4n) is 1.69. The molecule has 0 amide bonds. The Bertz CT molecular complexity index is 603. The van der Waals surface area contributed by atoms with E-state index in [1.165, 1.54) is 12.1 Å². The number of phenolic OH excluding ortho intramolecular Hbond substituents is 1. The van der Waals surface area contributed by atoms with E-state index < -0.39 is 5.97 Å². The van der Waals surface area contributed by atoms with E-state index in [0.717, 1.165) is 11.1 Å². The number of rotatable bonds is 2. The number of carbonyl (C=O) groups is 1. The highest BCUT2D eigenvalue weighted by Crippen LogP contribution is 2.33. The van der Waals surface area contributed by atoms with Gasteiger partial charge in [-0.1, -0.05) is 23.7 Å². The summed E-state index contributed by atoms with van der Waals surface area (Å²) >= 11 is 6.01. The molecule has 0 heterocycles. The second-order valence-electron chi connectivity index (χ2n) is 4.00. The van der Waals surface area contributed by atoms with Crippen LogP contribution in [0.3, 0.4) is 0 Å². The van der Waals surface area contributed by atoms with E-state index >= 15 is 0 Å². The fourth-order valence-corrected chi connectivity index (χ4v) is 1.85. The summed E-state index contributed by atoms with van der Waals surface area (Å²) in [6, 6.07) is 9.52. The lowest BCUT2D eigenvalue weighted by atomic mass is 10.0. The number of phenols is 1. The molecule has 0 unspecified atom stereocenters. The van der Waals surface area contributed by atoms with Gasteiger partial charge in [0.25, 0.3) is 0 Å². The van der Waals surface area contributed by atoms with Crippen molar-refractivity contribution < 1.29 is 15.0 Å². The normalized spacial score (nSPS) is 10.3. The van der Waals surface area contributed by atoms with Gasteiger partial charge in [-0.25, -0.2) is 4.79 Å². The molecule has 0 aliphatic carbocycles. The molecule has 0 aliphatic rings. The van der Waals surface area contributed by atoms with Crippen LogP contribution >= 0.6 is 11.6 Å². The van der Waals surface area contributed by atoms with E-state index in [-0.39, 0.29) is 11.3 Å². The van der Waals surface area contributed by atoms with Crippen molar-refractivity contribution in [2.75, 3.05) is 0 Å². The molecule has 0 radical (unpaired) electrons. The largest absolute Gasteiger partial charge is 0.507 e. The highest BCUT2D eigenvalue weighted by atomic mass is 35.5. The smallest absolute Gasteiger partial charge is 0.335 e. The van der Waals surface area contributed by atoms with Crippen LogP contribution in [0.4, 0.5) is 0 Å². The Morgan fingerprint density at radius 3 is 2.33 bits per heavy atom. The Labute approximate surface area is 109 Å². The van der Waals surface area contributed by atoms with Gasteiger partial charge in [0, 0.05) is 10.6 Å². The third-order valence-electron chi connectivity index (χ3n) is 2.72. The first-order valence-corrected chi connectivity index (χ1v) is 5.69. The number of aromatic carboxylic acids is 1. The topological polar surface area (TPSA) is 57.5 Å². The quantitative estimate of drug-likeness (QED) is 0.867. The van der Waals surface area contributed by atoms with E-state index in [4.69, 9.17) is 16.7 Å². The van der Waals surface area contributed by atoms with Crippen molar-refractivity contribution >= 4 is 17.6 Å². The summed E-state index contributed by atoms with van der Waals surface area (Å²) in [6.45, 7) is 1.80. The van der Waals surface area contributed by atoms with Crippen LogP contribution in [0.25, 0.3) is 11.1 Å². The molecule has 0 aliphatic heterocycles. The molecule has 3 nitrogen and oxygen atoms in total. The van der Waals surface area contributed by atoms with Crippen molar-refractivity contribution in [3.05, 3.63) is 52.5 Å². The average Bonchev–Trinajstić information content (AvgIpc) is 2.34. The first kappa shape index (κ1) is 12.5. The van der Waals surface area contributed by atoms with E-state index in [1.807, 2.05) is 0 Å². The number of benzene rings is 2. The second kappa shape index (κ2) is 4.70. The molecule has 0 spiro atoms. The SMILES string of the molecule is Cc1cc(O)c(-c2ccc(C(=O)O)cc2)cc1Cl. The van der Waals surface area contributed by atoms with Crippen molar-refractivity contribution in [3.8, 4) is 16.9 Å². The van der Waals surface area contributed by atoms with Crippen LogP contribution < -0.4 is 0 Å². The fraction of sp³-hybridized carbons (Fsp3) is 0.0714. The Morgan fingerprint density at radius 1 is 1.17 bits per heavy atom. The monoisotopic (exact) mass is 262 g/mol. The molecular weight excluding hydrogens is 252 g/mol. The maximum absolute atomic E-state index is 10.7. The van der Waals surface area contributed by atoms with Crippen LogP contribution in [0.5, 0.6) is 5.75 Å². The van der Waals surface area contributed by atoms with Gasteiger partial charge in [-0.05, 0) is 42.3 Å². The molecule has 18 heavy (non-hydrogen) atoms. The molecule has 0 aromatic heterocycles. The van der Waals surface area contributed by atoms with E-state index in [9.17, 15) is 9.90 Å². The van der Waals surface area contributed by atoms with Crippen LogP contribution in [0.2, 0.25) is 5.02 Å². The van der Waals surface area contributed by atoms with Gasteiger partial charge in [-0.15, -0.1) is 0 Å². The molecule has 2 N–H and O–H groups in total. The molecule has 0 saturated heterocycles. The third kappa shape index (κ3) is 2.31. The summed E-state index contributed by atoms with van der Waals surface area (Å²) in [6.07, 6.45) is 0. The highest BCUT2D eigenvalue weighted by Gasteiger charge is 2.09. The minimum atomic E-state index is -0.979. The van der Waals surface area contributed by atoms with Crippen molar-refractivity contribution in [2.45, 2.75) is 6.92 Å². The van der Waals surface area contributed by atoms with Crippen LogP contribution in [0.15, 0.2) is 36.4 Å². The molecule has 0 bridgehead atoms. The van der Waals surface area contributed by atoms with Crippen molar-refractivity contribution in [1.29, 1.82) is 0 Å². The van der Waals surface area contributed by atoms with Gasteiger partial charge in [0.05, 0.1) is 5.56 Å². The number of aryl methyl sites for hydroxylation is 1. The summed E-state index contributed by atoms with van der Waals surface area (Å²) in [4.78, 5) is 10.7. The van der Waals surface area contributed by atoms with Gasteiger partial charge in [-0.3, -0.25) is 0 Å². The number of aromatic hydroxyl groups is 1. The number of carboxylic acid groups (broad SMARTS) is 1. The predicted octanol–water partition coefficient (Wildman–Crippen LogP) is 3.72. The standard InChI is InChI=1S/C14H11ClO3/c1-8-6-13(16)11(7-12(8)15)9-2-4-10(5-3-9)14(17)18/h2-7,16H,1H3,(H,17,18). The molecule has 4 heteroatoms. The van der Waals surface area contributed by atoms with Crippen LogP contribution in [-0.2, 0) is 0 Å². The van der Waals surface area contributed by atoms with Crippen LogP contribution in [0, 0.1) is 6.92 Å². The lowest BCUT2D eigenvalue weighted by molar-refractivity contribution is 0.0697. The minimum absolute atomic E-state index is 0.125. The predicted molar refractivity (Wildman–Crippen MR) is 70.2 cm³/mol. The van der Waals surface area contributed by atoms with Crippen LogP contribution in [0.1, 0.15) is 15.9 Å². The summed E-state index contributed by atoms with van der Waals surface area (Å²) in [5, 5.41) is 19.2. The lowest BCUT2D eigenvalue weighted by Crippen LogP contribution is -1.95. The zero-order chi connectivity index (χ0) is 13.3. The van der Waals surface area contributed by atoms with Gasteiger partial charge in [-0.2, -0.15) is 0 Å². The summed E-state index contributed by atoms with van der Waals surface area (Å²) in [5.41, 5.74) is 2.30. The Hall–Kier alpha value is -2.00. The number of hydrogen-bond acceptors (Lipinski definition) is 2. The van der Waals surface area contributed by atoms with Crippen molar-refractivity contribution in [3.63, 3.8) is 0 Å². The Kier molecular flexibility index (Phi) is 3.26. The molecule has 2 rings (SSSR count). The van der Waals surface area contributed by atoms with Gasteiger partial charge in [0.1, 0.15) is 5.75 Å². The first-order chi connectivity index (χ1) is 8.49. The highest BCUT2D eigenvalue weighted by molar-refractivity contribution is 6.31. The molecule has 2 aromatic carbocycles. The number of hydrogen-bond donors (Lipinski definition) is 2. The van der Waals surface area contributed by atoms with E-state index in [0.29, 0.717) is 10.6 Å². The van der Waals surface area contributed by atoms with Gasteiger partial charge < -0.3 is 10.2 Å². The zero-order valence-electron chi connectivity index (χ0n) is 9.64. The number of halogens is 1. The summed E-state index contributed by atoms with van der Waals surface area (Å²) in [5.74, 6) is -0.854. The molecular formula is C14H11ClO3. The summed E-state index contributed by atoms with van der Waals surface area (Å²) in [7, 11) is 0. The zero-order valence-corrected chi connectivity index (χ0v) is 10.4. The molecule has 0 fully saturated rings. The van der Waals surface area contributed by atoms with E-state index in [1.54, 1.807) is 31.2 Å². The van der Waals surface area contributed by atoms with Gasteiger partial charge in [0.15, 0.2) is 0 Å².